The van der Waals surface area contributed by atoms with Crippen LogP contribution >= 0.6 is 11.3 Å². The Morgan fingerprint density at radius 3 is 2.80 bits per heavy atom. The quantitative estimate of drug-likeness (QED) is 0.860. The van der Waals surface area contributed by atoms with Crippen molar-refractivity contribution in [3.8, 4) is 10.8 Å². The van der Waals surface area contributed by atoms with Crippen molar-refractivity contribution in [1.29, 1.82) is 0 Å². The number of hydrogen-bond donors (Lipinski definition) is 1. The molecule has 2 aromatic heterocycles. The lowest BCUT2D eigenvalue weighted by Gasteiger charge is -2.05. The van der Waals surface area contributed by atoms with E-state index in [-0.39, 0.29) is 13.0 Å². The maximum Gasteiger partial charge on any atom is 0.411 e. The Morgan fingerprint density at radius 2 is 2.20 bits per heavy atom. The number of aromatic nitrogens is 2. The second-order valence-corrected chi connectivity index (χ2v) is 5.18. The third-order valence-corrected chi connectivity index (χ3v) is 3.39. The number of aryl methyl sites for hydroxylation is 1. The van der Waals surface area contributed by atoms with Crippen molar-refractivity contribution in [1.82, 2.24) is 10.1 Å². The molecule has 0 aliphatic rings. The summed E-state index contributed by atoms with van der Waals surface area (Å²) < 4.78 is 45.1. The number of hydrogen-bond acceptors (Lipinski definition) is 6. The molecule has 20 heavy (non-hydrogen) atoms. The van der Waals surface area contributed by atoms with Crippen molar-refractivity contribution >= 4 is 16.3 Å². The molecular weight excluding hydrogens is 295 g/mol. The average Bonchev–Trinajstić information content (AvgIpc) is 2.90. The molecule has 0 fully saturated rings. The van der Waals surface area contributed by atoms with E-state index in [0.717, 1.165) is 10.4 Å². The van der Waals surface area contributed by atoms with Gasteiger partial charge in [-0.25, -0.2) is 0 Å². The second-order valence-electron chi connectivity index (χ2n) is 4.09. The number of ether oxygens (including phenoxy) is 1. The molecule has 0 saturated carbocycles. The fourth-order valence-corrected chi connectivity index (χ4v) is 2.38. The lowest BCUT2D eigenvalue weighted by atomic mass is 10.3. The molecule has 9 heteroatoms. The van der Waals surface area contributed by atoms with Crippen molar-refractivity contribution in [2.24, 2.45) is 0 Å². The Morgan fingerprint density at radius 1 is 1.45 bits per heavy atom. The van der Waals surface area contributed by atoms with Crippen molar-refractivity contribution in [3.63, 3.8) is 0 Å². The summed E-state index contributed by atoms with van der Waals surface area (Å²) in [5.74, 6) is 0.614. The molecule has 5 nitrogen and oxygen atoms in total. The number of thiophene rings is 1. The van der Waals surface area contributed by atoms with E-state index in [9.17, 15) is 13.2 Å². The summed E-state index contributed by atoms with van der Waals surface area (Å²) in [4.78, 5) is 4.87. The van der Waals surface area contributed by atoms with Gasteiger partial charge in [0.05, 0.1) is 16.5 Å². The van der Waals surface area contributed by atoms with Gasteiger partial charge in [0.1, 0.15) is 6.61 Å². The number of nitrogens with two attached hydrogens (primary N) is 1. The van der Waals surface area contributed by atoms with Gasteiger partial charge in [0.25, 0.3) is 5.89 Å². The third kappa shape index (κ3) is 3.94. The van der Waals surface area contributed by atoms with E-state index in [1.165, 1.54) is 11.3 Å². The summed E-state index contributed by atoms with van der Waals surface area (Å²) in [6.45, 7) is 0.459. The monoisotopic (exact) mass is 307 g/mol. The molecule has 0 amide bonds. The number of alkyl halides is 3. The number of nitrogen functional groups attached to an aromatic ring is 1. The molecule has 0 unspecified atom stereocenters. The van der Waals surface area contributed by atoms with Crippen LogP contribution in [0.4, 0.5) is 18.2 Å². The molecule has 0 aromatic carbocycles. The van der Waals surface area contributed by atoms with Crippen molar-refractivity contribution in [2.75, 3.05) is 18.9 Å². The molecule has 2 rings (SSSR count). The average molecular weight is 307 g/mol. The van der Waals surface area contributed by atoms with Crippen LogP contribution in [-0.4, -0.2) is 29.5 Å². The smallest absolute Gasteiger partial charge is 0.391 e. The molecule has 0 spiro atoms. The van der Waals surface area contributed by atoms with Crippen LogP contribution in [0.5, 0.6) is 0 Å². The van der Waals surface area contributed by atoms with Gasteiger partial charge in [0.2, 0.25) is 0 Å². The Balaban J connectivity index is 1.91. The van der Waals surface area contributed by atoms with E-state index in [4.69, 9.17) is 10.3 Å². The zero-order chi connectivity index (χ0) is 14.8. The predicted octanol–water partition coefficient (Wildman–Crippen LogP) is 2.81. The molecule has 2 N–H and O–H groups in total. The second kappa shape index (κ2) is 5.80. The van der Waals surface area contributed by atoms with Gasteiger partial charge >= 0.3 is 6.18 Å². The summed E-state index contributed by atoms with van der Waals surface area (Å²) >= 11 is 1.31. The minimum absolute atomic E-state index is 0.121. The molecule has 0 saturated heterocycles. The van der Waals surface area contributed by atoms with Crippen LogP contribution in [0.1, 0.15) is 11.4 Å². The van der Waals surface area contributed by atoms with Gasteiger partial charge in [-0.3, -0.25) is 0 Å². The van der Waals surface area contributed by atoms with E-state index in [1.54, 1.807) is 6.07 Å². The van der Waals surface area contributed by atoms with Crippen LogP contribution in [0, 0.1) is 6.92 Å². The number of nitrogens with zero attached hydrogens (tertiary/aromatic N) is 2. The van der Waals surface area contributed by atoms with E-state index < -0.39 is 12.8 Å². The lowest BCUT2D eigenvalue weighted by molar-refractivity contribution is -0.173. The highest BCUT2D eigenvalue weighted by Gasteiger charge is 2.27. The molecule has 0 aliphatic carbocycles. The predicted molar refractivity (Wildman–Crippen MR) is 67.3 cm³/mol. The van der Waals surface area contributed by atoms with Crippen molar-refractivity contribution in [3.05, 3.63) is 17.5 Å². The first kappa shape index (κ1) is 14.8. The summed E-state index contributed by atoms with van der Waals surface area (Å²) in [6.07, 6.45) is -4.17. The Labute approximate surface area is 116 Å². The summed E-state index contributed by atoms with van der Waals surface area (Å²) in [5.41, 5.74) is 6.58. The van der Waals surface area contributed by atoms with Crippen LogP contribution < -0.4 is 5.73 Å². The number of rotatable bonds is 5. The minimum Gasteiger partial charge on any atom is -0.391 e. The highest BCUT2D eigenvalue weighted by atomic mass is 32.1. The maximum atomic E-state index is 11.9. The molecule has 0 radical (unpaired) electrons. The Bertz CT molecular complexity index is 580. The first-order valence-electron chi connectivity index (χ1n) is 5.68. The summed E-state index contributed by atoms with van der Waals surface area (Å²) in [5, 5.41) is 4.33. The van der Waals surface area contributed by atoms with E-state index in [1.807, 2.05) is 6.92 Å². The van der Waals surface area contributed by atoms with Gasteiger partial charge in [-0.2, -0.15) is 18.2 Å². The molecule has 2 aromatic rings. The Hall–Kier alpha value is -1.61. The van der Waals surface area contributed by atoms with Gasteiger partial charge in [-0.15, -0.1) is 11.3 Å². The topological polar surface area (TPSA) is 74.2 Å². The molecular formula is C11H12F3N3O2S. The normalized spacial score (nSPS) is 12.0. The van der Waals surface area contributed by atoms with Crippen LogP contribution in [0.15, 0.2) is 10.6 Å². The zero-order valence-electron chi connectivity index (χ0n) is 10.5. The molecule has 110 valence electrons. The highest BCUT2D eigenvalue weighted by Crippen LogP contribution is 2.32. The van der Waals surface area contributed by atoms with E-state index in [0.29, 0.717) is 16.7 Å². The van der Waals surface area contributed by atoms with E-state index >= 15 is 0 Å². The Kier molecular flexibility index (Phi) is 4.29. The lowest BCUT2D eigenvalue weighted by Crippen LogP contribution is -2.18. The van der Waals surface area contributed by atoms with Crippen LogP contribution in [0.25, 0.3) is 10.8 Å². The standard InChI is InChI=1S/C11H12F3N3O2S/c1-6-4-7(15)20-9(6)10-16-8(17-19-10)2-3-18-5-11(12,13)14/h4H,2-3,5,15H2,1H3. The highest BCUT2D eigenvalue weighted by molar-refractivity contribution is 7.19. The third-order valence-electron chi connectivity index (χ3n) is 2.33. The summed E-state index contributed by atoms with van der Waals surface area (Å²) in [6, 6.07) is 1.79. The van der Waals surface area contributed by atoms with Crippen molar-refractivity contribution in [2.45, 2.75) is 19.5 Å². The minimum atomic E-state index is -4.33. The van der Waals surface area contributed by atoms with Gasteiger partial charge in [0.15, 0.2) is 5.82 Å². The zero-order valence-corrected chi connectivity index (χ0v) is 11.3. The number of halogens is 3. The van der Waals surface area contributed by atoms with Gasteiger partial charge in [-0.1, -0.05) is 5.16 Å². The van der Waals surface area contributed by atoms with Gasteiger partial charge in [-0.05, 0) is 18.6 Å². The van der Waals surface area contributed by atoms with Gasteiger partial charge in [0, 0.05) is 6.42 Å². The molecule has 2 heterocycles. The molecule has 0 bridgehead atoms. The SMILES string of the molecule is Cc1cc(N)sc1-c1nc(CCOCC(F)(F)F)no1. The first-order chi connectivity index (χ1) is 9.35. The number of anilines is 1. The largest absolute Gasteiger partial charge is 0.411 e. The molecule has 0 atom stereocenters. The fraction of sp³-hybridized carbons (Fsp3) is 0.455. The van der Waals surface area contributed by atoms with Crippen molar-refractivity contribution < 1.29 is 22.4 Å². The van der Waals surface area contributed by atoms with E-state index in [2.05, 4.69) is 14.9 Å². The summed E-state index contributed by atoms with van der Waals surface area (Å²) in [7, 11) is 0. The maximum absolute atomic E-state index is 11.9. The van der Waals surface area contributed by atoms with Crippen LogP contribution in [0.2, 0.25) is 0 Å². The fourth-order valence-electron chi connectivity index (χ4n) is 1.52. The van der Waals surface area contributed by atoms with Crippen LogP contribution in [-0.2, 0) is 11.2 Å². The van der Waals surface area contributed by atoms with Gasteiger partial charge < -0.3 is 15.0 Å². The first-order valence-corrected chi connectivity index (χ1v) is 6.50. The van der Waals surface area contributed by atoms with Crippen LogP contribution in [0.3, 0.4) is 0 Å². The molecule has 0 aliphatic heterocycles.